The third-order valence-corrected chi connectivity index (χ3v) is 3.23. The summed E-state index contributed by atoms with van der Waals surface area (Å²) in [6.45, 7) is 5.91. The van der Waals surface area contributed by atoms with Gasteiger partial charge in [-0.25, -0.2) is 9.78 Å². The van der Waals surface area contributed by atoms with Crippen LogP contribution in [0.25, 0.3) is 0 Å². The lowest BCUT2D eigenvalue weighted by atomic mass is 9.98. The van der Waals surface area contributed by atoms with Crippen LogP contribution in [0.3, 0.4) is 0 Å². The Bertz CT molecular complexity index is 428. The molecule has 0 bridgehead atoms. The van der Waals surface area contributed by atoms with E-state index in [0.717, 1.165) is 0 Å². The van der Waals surface area contributed by atoms with Crippen LogP contribution in [0.5, 0.6) is 0 Å². The van der Waals surface area contributed by atoms with Crippen molar-refractivity contribution >= 4 is 11.8 Å². The highest BCUT2D eigenvalue weighted by molar-refractivity contribution is 5.89. The van der Waals surface area contributed by atoms with Gasteiger partial charge in [-0.3, -0.25) is 0 Å². The zero-order valence-electron chi connectivity index (χ0n) is 11.0. The summed E-state index contributed by atoms with van der Waals surface area (Å²) in [5, 5.41) is 22.0. The molecule has 5 nitrogen and oxygen atoms in total. The molecule has 0 saturated heterocycles. The van der Waals surface area contributed by atoms with E-state index in [9.17, 15) is 9.90 Å². The highest BCUT2D eigenvalue weighted by atomic mass is 16.4. The first-order valence-electron chi connectivity index (χ1n) is 6.09. The van der Waals surface area contributed by atoms with Gasteiger partial charge in [0, 0.05) is 6.54 Å². The molecule has 0 aliphatic heterocycles. The van der Waals surface area contributed by atoms with Crippen LogP contribution in [0, 0.1) is 6.92 Å². The summed E-state index contributed by atoms with van der Waals surface area (Å²) in [5.41, 5.74) is -0.0908. The van der Waals surface area contributed by atoms with Crippen molar-refractivity contribution in [3.63, 3.8) is 0 Å². The summed E-state index contributed by atoms with van der Waals surface area (Å²) >= 11 is 0. The number of rotatable bonds is 6. The molecule has 3 N–H and O–H groups in total. The normalized spacial score (nSPS) is 11.3. The minimum absolute atomic E-state index is 0.196. The Morgan fingerprint density at radius 2 is 2.00 bits per heavy atom. The van der Waals surface area contributed by atoms with Crippen molar-refractivity contribution in [2.45, 2.75) is 39.2 Å². The number of carboxylic acid groups (broad SMARTS) is 1. The molecule has 0 saturated carbocycles. The molecule has 1 aromatic rings. The second-order valence-electron chi connectivity index (χ2n) is 4.42. The van der Waals surface area contributed by atoms with Crippen LogP contribution in [0.4, 0.5) is 5.82 Å². The fourth-order valence-electron chi connectivity index (χ4n) is 1.64. The number of carbonyl (C=O) groups is 1. The van der Waals surface area contributed by atoms with E-state index in [1.54, 1.807) is 13.0 Å². The van der Waals surface area contributed by atoms with Gasteiger partial charge < -0.3 is 15.5 Å². The fourth-order valence-corrected chi connectivity index (χ4v) is 1.64. The molecule has 0 radical (unpaired) electrons. The van der Waals surface area contributed by atoms with Gasteiger partial charge in [-0.1, -0.05) is 13.8 Å². The third-order valence-electron chi connectivity index (χ3n) is 3.23. The van der Waals surface area contributed by atoms with Crippen molar-refractivity contribution in [1.29, 1.82) is 0 Å². The average Bonchev–Trinajstić information content (AvgIpc) is 2.35. The van der Waals surface area contributed by atoms with E-state index in [1.165, 1.54) is 6.07 Å². The molecule has 1 rings (SSSR count). The maximum Gasteiger partial charge on any atom is 0.337 e. The van der Waals surface area contributed by atoms with Gasteiger partial charge in [0.1, 0.15) is 5.82 Å². The van der Waals surface area contributed by atoms with Crippen molar-refractivity contribution in [2.75, 3.05) is 11.9 Å². The number of aryl methyl sites for hydroxylation is 1. The second kappa shape index (κ2) is 5.82. The van der Waals surface area contributed by atoms with E-state index in [-0.39, 0.29) is 5.56 Å². The van der Waals surface area contributed by atoms with Gasteiger partial charge in [-0.15, -0.1) is 0 Å². The summed E-state index contributed by atoms with van der Waals surface area (Å²) in [6.07, 6.45) is 1.31. The van der Waals surface area contributed by atoms with Crippen molar-refractivity contribution in [3.8, 4) is 0 Å². The van der Waals surface area contributed by atoms with Crippen LogP contribution in [0.2, 0.25) is 0 Å². The molecule has 0 aromatic carbocycles. The van der Waals surface area contributed by atoms with Crippen LogP contribution in [-0.2, 0) is 0 Å². The largest absolute Gasteiger partial charge is 0.478 e. The summed E-state index contributed by atoms with van der Waals surface area (Å²) < 4.78 is 0. The molecule has 1 aromatic heterocycles. The van der Waals surface area contributed by atoms with Crippen molar-refractivity contribution in [3.05, 3.63) is 23.4 Å². The first-order valence-corrected chi connectivity index (χ1v) is 6.09. The molecule has 100 valence electrons. The molecule has 0 atom stereocenters. The molecule has 0 aliphatic carbocycles. The number of nitrogens with zero attached hydrogens (tertiary/aromatic N) is 1. The Morgan fingerprint density at radius 1 is 1.39 bits per heavy atom. The fraction of sp³-hybridized carbons (Fsp3) is 0.538. The number of hydrogen-bond acceptors (Lipinski definition) is 4. The number of aromatic carboxylic acids is 1. The Morgan fingerprint density at radius 3 is 2.44 bits per heavy atom. The Hall–Kier alpha value is -1.62. The first-order chi connectivity index (χ1) is 8.41. The van der Waals surface area contributed by atoms with Crippen molar-refractivity contribution < 1.29 is 15.0 Å². The number of aromatic nitrogens is 1. The number of aliphatic hydroxyl groups is 1. The summed E-state index contributed by atoms with van der Waals surface area (Å²) in [4.78, 5) is 15.0. The quantitative estimate of drug-likeness (QED) is 0.721. The van der Waals surface area contributed by atoms with Gasteiger partial charge >= 0.3 is 5.97 Å². The smallest absolute Gasteiger partial charge is 0.337 e. The van der Waals surface area contributed by atoms with Crippen LogP contribution in [0.1, 0.15) is 42.7 Å². The van der Waals surface area contributed by atoms with E-state index in [2.05, 4.69) is 10.3 Å². The van der Waals surface area contributed by atoms with Gasteiger partial charge in [0.2, 0.25) is 0 Å². The number of pyridine rings is 1. The number of nitrogens with one attached hydrogen (secondary N) is 1. The monoisotopic (exact) mass is 252 g/mol. The summed E-state index contributed by atoms with van der Waals surface area (Å²) in [7, 11) is 0. The van der Waals surface area contributed by atoms with E-state index >= 15 is 0 Å². The van der Waals surface area contributed by atoms with Gasteiger partial charge in [0.25, 0.3) is 0 Å². The van der Waals surface area contributed by atoms with Gasteiger partial charge in [0.15, 0.2) is 0 Å². The van der Waals surface area contributed by atoms with E-state index in [1.807, 2.05) is 13.8 Å². The molecule has 0 aliphatic rings. The minimum atomic E-state index is -0.981. The lowest BCUT2D eigenvalue weighted by molar-refractivity contribution is 0.0456. The molecule has 0 fully saturated rings. The van der Waals surface area contributed by atoms with Crippen LogP contribution < -0.4 is 5.32 Å². The van der Waals surface area contributed by atoms with Crippen LogP contribution in [0.15, 0.2) is 12.1 Å². The zero-order valence-corrected chi connectivity index (χ0v) is 11.0. The Balaban J connectivity index is 2.75. The summed E-state index contributed by atoms with van der Waals surface area (Å²) in [5.74, 6) is -0.400. The lowest BCUT2D eigenvalue weighted by Crippen LogP contribution is -2.35. The van der Waals surface area contributed by atoms with E-state index in [4.69, 9.17) is 5.11 Å². The van der Waals surface area contributed by atoms with Crippen LogP contribution >= 0.6 is 0 Å². The number of hydrogen-bond donors (Lipinski definition) is 3. The first kappa shape index (κ1) is 14.4. The Kier molecular flexibility index (Phi) is 4.67. The molecule has 5 heteroatoms. The van der Waals surface area contributed by atoms with Gasteiger partial charge in [-0.2, -0.15) is 0 Å². The predicted octanol–water partition coefficient (Wildman–Crippen LogP) is 2.05. The van der Waals surface area contributed by atoms with Crippen LogP contribution in [-0.4, -0.2) is 33.3 Å². The van der Waals surface area contributed by atoms with E-state index < -0.39 is 11.6 Å². The average molecular weight is 252 g/mol. The topological polar surface area (TPSA) is 82.5 Å². The maximum atomic E-state index is 10.8. The SMILES string of the molecule is CCC(O)(CC)CNc1ccc(C(=O)O)c(C)n1. The highest BCUT2D eigenvalue weighted by Crippen LogP contribution is 2.16. The zero-order chi connectivity index (χ0) is 13.8. The molecule has 1 heterocycles. The van der Waals surface area contributed by atoms with Gasteiger partial charge in [0.05, 0.1) is 16.9 Å². The molecule has 0 amide bonds. The lowest BCUT2D eigenvalue weighted by Gasteiger charge is -2.25. The molecule has 18 heavy (non-hydrogen) atoms. The number of carboxylic acids is 1. The molecular formula is C13H20N2O3. The maximum absolute atomic E-state index is 10.8. The number of anilines is 1. The van der Waals surface area contributed by atoms with Gasteiger partial charge in [-0.05, 0) is 31.9 Å². The standard InChI is InChI=1S/C13H20N2O3/c1-4-13(18,5-2)8-14-11-7-6-10(12(16)17)9(3)15-11/h6-7,18H,4-5,8H2,1-3H3,(H,14,15)(H,16,17). The second-order valence-corrected chi connectivity index (χ2v) is 4.42. The molecule has 0 unspecified atom stereocenters. The summed E-state index contributed by atoms with van der Waals surface area (Å²) in [6, 6.07) is 3.13. The van der Waals surface area contributed by atoms with Crippen molar-refractivity contribution in [2.24, 2.45) is 0 Å². The predicted molar refractivity (Wildman–Crippen MR) is 70.0 cm³/mol. The minimum Gasteiger partial charge on any atom is -0.478 e. The Labute approximate surface area is 107 Å². The molecular weight excluding hydrogens is 232 g/mol. The van der Waals surface area contributed by atoms with Crippen molar-refractivity contribution in [1.82, 2.24) is 4.98 Å². The van der Waals surface area contributed by atoms with E-state index in [0.29, 0.717) is 30.9 Å². The third kappa shape index (κ3) is 3.43. The molecule has 0 spiro atoms. The highest BCUT2D eigenvalue weighted by Gasteiger charge is 2.21.